The quantitative estimate of drug-likeness (QED) is 0.855. The van der Waals surface area contributed by atoms with Crippen molar-refractivity contribution < 1.29 is 19.5 Å². The molecule has 1 aromatic rings. The second kappa shape index (κ2) is 7.68. The highest BCUT2D eigenvalue weighted by molar-refractivity contribution is 5.96. The van der Waals surface area contributed by atoms with Gasteiger partial charge in [0, 0.05) is 18.2 Å². The normalized spacial score (nSPS) is 17.4. The lowest BCUT2D eigenvalue weighted by atomic mass is 9.87. The lowest BCUT2D eigenvalue weighted by Gasteiger charge is -2.23. The van der Waals surface area contributed by atoms with E-state index in [1.807, 2.05) is 12.1 Å². The van der Waals surface area contributed by atoms with Crippen LogP contribution in [-0.4, -0.2) is 46.9 Å². The second-order valence-corrected chi connectivity index (χ2v) is 7.49. The number of benzene rings is 1. The molecule has 25 heavy (non-hydrogen) atoms. The summed E-state index contributed by atoms with van der Waals surface area (Å²) in [6.45, 7) is 6.74. The molecular formula is C19H26N2O4. The van der Waals surface area contributed by atoms with E-state index in [9.17, 15) is 14.4 Å². The fourth-order valence-electron chi connectivity index (χ4n) is 3.06. The van der Waals surface area contributed by atoms with E-state index < -0.39 is 5.97 Å². The summed E-state index contributed by atoms with van der Waals surface area (Å²) < 4.78 is 0. The van der Waals surface area contributed by atoms with Crippen LogP contribution in [0.25, 0.3) is 0 Å². The van der Waals surface area contributed by atoms with Gasteiger partial charge in [0.25, 0.3) is 5.91 Å². The maximum atomic E-state index is 12.3. The van der Waals surface area contributed by atoms with E-state index in [1.54, 1.807) is 17.0 Å². The Morgan fingerprint density at radius 1 is 1.20 bits per heavy atom. The van der Waals surface area contributed by atoms with Crippen molar-refractivity contribution in [2.75, 3.05) is 13.1 Å². The first-order chi connectivity index (χ1) is 11.7. The summed E-state index contributed by atoms with van der Waals surface area (Å²) in [6, 6.07) is 7.07. The first kappa shape index (κ1) is 19.0. The van der Waals surface area contributed by atoms with Crippen molar-refractivity contribution in [2.45, 2.75) is 51.5 Å². The van der Waals surface area contributed by atoms with Gasteiger partial charge < -0.3 is 15.3 Å². The summed E-state index contributed by atoms with van der Waals surface area (Å²) in [5, 5.41) is 11.5. The molecule has 1 fully saturated rings. The Balaban J connectivity index is 1.91. The van der Waals surface area contributed by atoms with E-state index in [1.165, 1.54) is 0 Å². The number of hydrogen-bond acceptors (Lipinski definition) is 3. The van der Waals surface area contributed by atoms with Gasteiger partial charge in [0.05, 0.1) is 13.0 Å². The van der Waals surface area contributed by atoms with Crippen molar-refractivity contribution in [1.82, 2.24) is 10.2 Å². The minimum atomic E-state index is -0.910. The van der Waals surface area contributed by atoms with Crippen molar-refractivity contribution in [3.63, 3.8) is 0 Å². The van der Waals surface area contributed by atoms with Gasteiger partial charge in [-0.2, -0.15) is 0 Å². The van der Waals surface area contributed by atoms with Gasteiger partial charge in [-0.05, 0) is 36.0 Å². The number of carboxylic acids is 1. The third-order valence-corrected chi connectivity index (χ3v) is 4.52. The summed E-state index contributed by atoms with van der Waals surface area (Å²) in [6.07, 6.45) is 1.44. The summed E-state index contributed by atoms with van der Waals surface area (Å²) >= 11 is 0. The van der Waals surface area contributed by atoms with Gasteiger partial charge >= 0.3 is 5.97 Å². The SMILES string of the molecule is CC(C)(C)c1ccc(C(=O)NCC(=O)N2CCCC2CC(=O)O)cc1. The minimum Gasteiger partial charge on any atom is -0.481 e. The third-order valence-electron chi connectivity index (χ3n) is 4.52. The number of nitrogens with zero attached hydrogens (tertiary/aromatic N) is 1. The van der Waals surface area contributed by atoms with Crippen LogP contribution in [0.4, 0.5) is 0 Å². The molecule has 0 radical (unpaired) electrons. The Morgan fingerprint density at radius 2 is 1.84 bits per heavy atom. The summed E-state index contributed by atoms with van der Waals surface area (Å²) in [5.74, 6) is -1.45. The van der Waals surface area contributed by atoms with E-state index in [0.29, 0.717) is 18.5 Å². The van der Waals surface area contributed by atoms with Crippen molar-refractivity contribution in [3.05, 3.63) is 35.4 Å². The number of aliphatic carboxylic acids is 1. The predicted octanol–water partition coefficient (Wildman–Crippen LogP) is 2.18. The average molecular weight is 346 g/mol. The highest BCUT2D eigenvalue weighted by Crippen LogP contribution is 2.22. The van der Waals surface area contributed by atoms with Gasteiger partial charge in [-0.3, -0.25) is 14.4 Å². The predicted molar refractivity (Wildman–Crippen MR) is 94.5 cm³/mol. The Kier molecular flexibility index (Phi) is 5.82. The minimum absolute atomic E-state index is 0.0138. The summed E-state index contributed by atoms with van der Waals surface area (Å²) in [7, 11) is 0. The number of carbonyl (C=O) groups excluding carboxylic acids is 2. The molecule has 0 aromatic heterocycles. The van der Waals surface area contributed by atoms with E-state index >= 15 is 0 Å². The molecular weight excluding hydrogens is 320 g/mol. The molecule has 6 heteroatoms. The number of likely N-dealkylation sites (tertiary alicyclic amines) is 1. The molecule has 0 spiro atoms. The van der Waals surface area contributed by atoms with E-state index in [0.717, 1.165) is 12.0 Å². The van der Waals surface area contributed by atoms with Gasteiger partial charge in [-0.15, -0.1) is 0 Å². The Labute approximate surface area is 148 Å². The van der Waals surface area contributed by atoms with E-state index in [2.05, 4.69) is 26.1 Å². The maximum absolute atomic E-state index is 12.3. The van der Waals surface area contributed by atoms with E-state index in [-0.39, 0.29) is 36.2 Å². The van der Waals surface area contributed by atoms with Crippen LogP contribution in [0.1, 0.15) is 56.0 Å². The van der Waals surface area contributed by atoms with Crippen LogP contribution < -0.4 is 5.32 Å². The lowest BCUT2D eigenvalue weighted by Crippen LogP contribution is -2.43. The molecule has 1 aliphatic heterocycles. The Morgan fingerprint density at radius 3 is 2.40 bits per heavy atom. The van der Waals surface area contributed by atoms with Crippen molar-refractivity contribution in [2.24, 2.45) is 0 Å². The number of amides is 2. The molecule has 1 aromatic carbocycles. The van der Waals surface area contributed by atoms with Crippen LogP contribution in [0.3, 0.4) is 0 Å². The Bertz CT molecular complexity index is 646. The van der Waals surface area contributed by atoms with Gasteiger partial charge in [0.2, 0.25) is 5.91 Å². The standard InChI is InChI=1S/C19H26N2O4/c1-19(2,3)14-8-6-13(7-9-14)18(25)20-12-16(22)21-10-4-5-15(21)11-17(23)24/h6-9,15H,4-5,10-12H2,1-3H3,(H,20,25)(H,23,24). The molecule has 136 valence electrons. The van der Waals surface area contributed by atoms with Crippen LogP contribution in [-0.2, 0) is 15.0 Å². The van der Waals surface area contributed by atoms with Crippen LogP contribution >= 0.6 is 0 Å². The monoisotopic (exact) mass is 346 g/mol. The van der Waals surface area contributed by atoms with Crippen molar-refractivity contribution >= 4 is 17.8 Å². The smallest absolute Gasteiger partial charge is 0.305 e. The number of carboxylic acid groups (broad SMARTS) is 1. The zero-order chi connectivity index (χ0) is 18.6. The van der Waals surface area contributed by atoms with Crippen molar-refractivity contribution in [1.29, 1.82) is 0 Å². The van der Waals surface area contributed by atoms with Crippen LogP contribution in [0.15, 0.2) is 24.3 Å². The molecule has 1 saturated heterocycles. The second-order valence-electron chi connectivity index (χ2n) is 7.49. The summed E-state index contributed by atoms with van der Waals surface area (Å²) in [4.78, 5) is 36.9. The fraction of sp³-hybridized carbons (Fsp3) is 0.526. The third kappa shape index (κ3) is 5.05. The molecule has 6 nitrogen and oxygen atoms in total. The molecule has 2 rings (SSSR count). The first-order valence-corrected chi connectivity index (χ1v) is 8.58. The van der Waals surface area contributed by atoms with Crippen LogP contribution in [0.5, 0.6) is 0 Å². The number of hydrogen-bond donors (Lipinski definition) is 2. The highest BCUT2D eigenvalue weighted by Gasteiger charge is 2.30. The van der Waals surface area contributed by atoms with E-state index in [4.69, 9.17) is 5.11 Å². The Hall–Kier alpha value is -2.37. The maximum Gasteiger partial charge on any atom is 0.305 e. The molecule has 1 unspecified atom stereocenters. The average Bonchev–Trinajstić information content (AvgIpc) is 2.99. The van der Waals surface area contributed by atoms with Crippen LogP contribution in [0.2, 0.25) is 0 Å². The molecule has 1 heterocycles. The largest absolute Gasteiger partial charge is 0.481 e. The van der Waals surface area contributed by atoms with Crippen LogP contribution in [0, 0.1) is 0 Å². The van der Waals surface area contributed by atoms with Crippen molar-refractivity contribution in [3.8, 4) is 0 Å². The number of rotatable bonds is 5. The zero-order valence-electron chi connectivity index (χ0n) is 15.0. The molecule has 1 aliphatic rings. The van der Waals surface area contributed by atoms with Gasteiger partial charge in [0.15, 0.2) is 0 Å². The summed E-state index contributed by atoms with van der Waals surface area (Å²) in [5.41, 5.74) is 1.65. The molecule has 1 atom stereocenters. The molecule has 2 N–H and O–H groups in total. The van der Waals surface area contributed by atoms with Gasteiger partial charge in [0.1, 0.15) is 0 Å². The molecule has 0 bridgehead atoms. The highest BCUT2D eigenvalue weighted by atomic mass is 16.4. The van der Waals surface area contributed by atoms with Gasteiger partial charge in [-0.25, -0.2) is 0 Å². The molecule has 0 aliphatic carbocycles. The lowest BCUT2D eigenvalue weighted by molar-refractivity contribution is -0.139. The van der Waals surface area contributed by atoms with Gasteiger partial charge in [-0.1, -0.05) is 32.9 Å². The zero-order valence-corrected chi connectivity index (χ0v) is 15.0. The molecule has 2 amide bonds. The number of carbonyl (C=O) groups is 3. The molecule has 0 saturated carbocycles. The first-order valence-electron chi connectivity index (χ1n) is 8.58. The number of nitrogens with one attached hydrogen (secondary N) is 1. The fourth-order valence-corrected chi connectivity index (χ4v) is 3.06. The topological polar surface area (TPSA) is 86.7 Å².